The van der Waals surface area contributed by atoms with Crippen molar-refractivity contribution in [2.24, 2.45) is 5.92 Å². The third-order valence-corrected chi connectivity index (χ3v) is 3.71. The molecule has 116 valence electrons. The topological polar surface area (TPSA) is 79.8 Å². The summed E-state index contributed by atoms with van der Waals surface area (Å²) in [5.41, 5.74) is -0.245. The fraction of sp³-hybridized carbons (Fsp3) is 0.533. The molecule has 1 unspecified atom stereocenters. The number of anilines is 1. The van der Waals surface area contributed by atoms with E-state index >= 15 is 0 Å². The lowest BCUT2D eigenvalue weighted by Crippen LogP contribution is -2.43. The average molecular weight is 294 g/mol. The Morgan fingerprint density at radius 2 is 2.00 bits per heavy atom. The summed E-state index contributed by atoms with van der Waals surface area (Å²) in [5.74, 6) is 1.43. The van der Waals surface area contributed by atoms with Crippen LogP contribution in [-0.2, 0) is 0 Å². The van der Waals surface area contributed by atoms with Gasteiger partial charge >= 0.3 is 6.03 Å². The van der Waals surface area contributed by atoms with Crippen molar-refractivity contribution in [3.8, 4) is 11.5 Å². The molecule has 1 aliphatic rings. The van der Waals surface area contributed by atoms with E-state index in [9.17, 15) is 9.90 Å². The molecular formula is C15H22N2O4. The van der Waals surface area contributed by atoms with Crippen molar-refractivity contribution in [3.63, 3.8) is 0 Å². The summed E-state index contributed by atoms with van der Waals surface area (Å²) in [6.45, 7) is 1.98. The van der Waals surface area contributed by atoms with E-state index in [2.05, 4.69) is 10.6 Å². The van der Waals surface area contributed by atoms with E-state index in [4.69, 9.17) is 9.47 Å². The molecule has 1 aromatic carbocycles. The number of benzene rings is 1. The zero-order valence-corrected chi connectivity index (χ0v) is 12.6. The van der Waals surface area contributed by atoms with Crippen molar-refractivity contribution in [1.82, 2.24) is 5.32 Å². The summed E-state index contributed by atoms with van der Waals surface area (Å²) in [6, 6.07) is 4.76. The van der Waals surface area contributed by atoms with Gasteiger partial charge in [0.15, 0.2) is 11.5 Å². The lowest BCUT2D eigenvalue weighted by atomic mass is 10.0. The highest BCUT2D eigenvalue weighted by atomic mass is 16.5. The Kier molecular flexibility index (Phi) is 4.57. The number of carbonyl (C=O) groups is 1. The number of ether oxygens (including phenoxy) is 2. The molecule has 1 atom stereocenters. The summed E-state index contributed by atoms with van der Waals surface area (Å²) < 4.78 is 10.3. The summed E-state index contributed by atoms with van der Waals surface area (Å²) in [4.78, 5) is 11.9. The SMILES string of the molecule is COc1ccc(NC(=O)NCC(C)(O)C2CC2)cc1OC. The third kappa shape index (κ3) is 4.01. The minimum Gasteiger partial charge on any atom is -0.493 e. The van der Waals surface area contributed by atoms with Crippen molar-refractivity contribution in [2.75, 3.05) is 26.1 Å². The smallest absolute Gasteiger partial charge is 0.319 e. The maximum absolute atomic E-state index is 11.9. The lowest BCUT2D eigenvalue weighted by molar-refractivity contribution is 0.0398. The number of urea groups is 1. The van der Waals surface area contributed by atoms with Crippen molar-refractivity contribution in [3.05, 3.63) is 18.2 Å². The molecular weight excluding hydrogens is 272 g/mol. The molecule has 0 radical (unpaired) electrons. The van der Waals surface area contributed by atoms with Gasteiger partial charge in [-0.15, -0.1) is 0 Å². The molecule has 0 heterocycles. The molecule has 6 heteroatoms. The summed E-state index contributed by atoms with van der Waals surface area (Å²) in [6.07, 6.45) is 2.04. The average Bonchev–Trinajstić information content (AvgIpc) is 3.30. The molecule has 3 N–H and O–H groups in total. The van der Waals surface area contributed by atoms with E-state index < -0.39 is 5.60 Å². The number of rotatable bonds is 6. The van der Waals surface area contributed by atoms with Gasteiger partial charge in [-0.05, 0) is 37.8 Å². The Hall–Kier alpha value is -1.95. The van der Waals surface area contributed by atoms with Crippen LogP contribution >= 0.6 is 0 Å². The quantitative estimate of drug-likeness (QED) is 0.749. The molecule has 1 fully saturated rings. The zero-order chi connectivity index (χ0) is 15.5. The van der Waals surface area contributed by atoms with E-state index in [1.54, 1.807) is 32.2 Å². The molecule has 1 aromatic rings. The first-order chi connectivity index (χ1) is 9.96. The molecule has 0 aliphatic heterocycles. The van der Waals surface area contributed by atoms with Crippen LogP contribution in [-0.4, -0.2) is 37.5 Å². The fourth-order valence-corrected chi connectivity index (χ4v) is 2.20. The van der Waals surface area contributed by atoms with Gasteiger partial charge in [0, 0.05) is 18.3 Å². The molecule has 2 rings (SSSR count). The molecule has 21 heavy (non-hydrogen) atoms. The first-order valence-electron chi connectivity index (χ1n) is 6.95. The lowest BCUT2D eigenvalue weighted by Gasteiger charge is -2.23. The maximum atomic E-state index is 11.9. The number of aliphatic hydroxyl groups is 1. The summed E-state index contributed by atoms with van der Waals surface area (Å²) in [5, 5.41) is 15.5. The summed E-state index contributed by atoms with van der Waals surface area (Å²) in [7, 11) is 3.09. The second-order valence-corrected chi connectivity index (χ2v) is 5.51. The van der Waals surface area contributed by atoms with Gasteiger partial charge in [-0.3, -0.25) is 0 Å². The predicted octanol–water partition coefficient (Wildman–Crippen LogP) is 1.99. The van der Waals surface area contributed by atoms with Crippen LogP contribution in [0.1, 0.15) is 19.8 Å². The predicted molar refractivity (Wildman–Crippen MR) is 79.9 cm³/mol. The first kappa shape index (κ1) is 15.4. The second kappa shape index (κ2) is 6.22. The van der Waals surface area contributed by atoms with E-state index in [0.717, 1.165) is 12.8 Å². The van der Waals surface area contributed by atoms with Gasteiger partial charge in [0.1, 0.15) is 0 Å². The van der Waals surface area contributed by atoms with Crippen molar-refractivity contribution >= 4 is 11.7 Å². The van der Waals surface area contributed by atoms with Crippen molar-refractivity contribution in [2.45, 2.75) is 25.4 Å². The van der Waals surface area contributed by atoms with E-state index in [1.807, 2.05) is 0 Å². The van der Waals surface area contributed by atoms with Crippen LogP contribution in [0.2, 0.25) is 0 Å². The highest BCUT2D eigenvalue weighted by Crippen LogP contribution is 2.39. The highest BCUT2D eigenvalue weighted by Gasteiger charge is 2.39. The largest absolute Gasteiger partial charge is 0.493 e. The fourth-order valence-electron chi connectivity index (χ4n) is 2.20. The van der Waals surface area contributed by atoms with Crippen molar-refractivity contribution in [1.29, 1.82) is 0 Å². The highest BCUT2D eigenvalue weighted by molar-refractivity contribution is 5.89. The maximum Gasteiger partial charge on any atom is 0.319 e. The van der Waals surface area contributed by atoms with Gasteiger partial charge < -0.3 is 25.2 Å². The normalized spacial score (nSPS) is 16.8. The number of hydrogen-bond donors (Lipinski definition) is 3. The number of carbonyl (C=O) groups excluding carboxylic acids is 1. The van der Waals surface area contributed by atoms with Crippen LogP contribution in [0.25, 0.3) is 0 Å². The van der Waals surface area contributed by atoms with E-state index in [1.165, 1.54) is 7.11 Å². The Labute approximate surface area is 124 Å². The summed E-state index contributed by atoms with van der Waals surface area (Å²) >= 11 is 0. The Morgan fingerprint density at radius 1 is 1.33 bits per heavy atom. The van der Waals surface area contributed by atoms with Crippen LogP contribution < -0.4 is 20.1 Å². The molecule has 1 aliphatic carbocycles. The Morgan fingerprint density at radius 3 is 2.57 bits per heavy atom. The van der Waals surface area contributed by atoms with E-state index in [0.29, 0.717) is 23.1 Å². The number of nitrogens with one attached hydrogen (secondary N) is 2. The van der Waals surface area contributed by atoms with Crippen LogP contribution in [0.15, 0.2) is 18.2 Å². The van der Waals surface area contributed by atoms with Crippen molar-refractivity contribution < 1.29 is 19.4 Å². The van der Waals surface area contributed by atoms with Gasteiger partial charge in [0.2, 0.25) is 0 Å². The van der Waals surface area contributed by atoms with Crippen LogP contribution in [0.5, 0.6) is 11.5 Å². The molecule has 0 bridgehead atoms. The molecule has 6 nitrogen and oxygen atoms in total. The van der Waals surface area contributed by atoms with Gasteiger partial charge in [0.05, 0.1) is 19.8 Å². The molecule has 0 saturated heterocycles. The number of methoxy groups -OCH3 is 2. The van der Waals surface area contributed by atoms with Gasteiger partial charge in [0.25, 0.3) is 0 Å². The molecule has 1 saturated carbocycles. The minimum atomic E-state index is -0.838. The van der Waals surface area contributed by atoms with Crippen LogP contribution in [0.4, 0.5) is 10.5 Å². The Balaban J connectivity index is 1.90. The van der Waals surface area contributed by atoms with Gasteiger partial charge in [-0.25, -0.2) is 4.79 Å². The second-order valence-electron chi connectivity index (χ2n) is 5.51. The zero-order valence-electron chi connectivity index (χ0n) is 12.6. The molecule has 0 spiro atoms. The Bertz CT molecular complexity index is 512. The number of hydrogen-bond acceptors (Lipinski definition) is 4. The van der Waals surface area contributed by atoms with Gasteiger partial charge in [-0.1, -0.05) is 0 Å². The van der Waals surface area contributed by atoms with Crippen LogP contribution in [0, 0.1) is 5.92 Å². The minimum absolute atomic E-state index is 0.233. The van der Waals surface area contributed by atoms with E-state index in [-0.39, 0.29) is 12.6 Å². The number of amides is 2. The third-order valence-electron chi connectivity index (χ3n) is 3.71. The first-order valence-corrected chi connectivity index (χ1v) is 6.95. The van der Waals surface area contributed by atoms with Crippen LogP contribution in [0.3, 0.4) is 0 Å². The molecule has 0 aromatic heterocycles. The monoisotopic (exact) mass is 294 g/mol. The molecule has 2 amide bonds. The van der Waals surface area contributed by atoms with Gasteiger partial charge in [-0.2, -0.15) is 0 Å². The standard InChI is InChI=1S/C15H22N2O4/c1-15(19,10-4-5-10)9-16-14(18)17-11-6-7-12(20-2)13(8-11)21-3/h6-8,10,19H,4-5,9H2,1-3H3,(H2,16,17,18).